The Morgan fingerprint density at radius 3 is 2.79 bits per heavy atom. The molecular formula is C28H31ClN6O4. The minimum absolute atomic E-state index is 0.207. The van der Waals surface area contributed by atoms with Crippen molar-refractivity contribution < 1.29 is 19.1 Å². The van der Waals surface area contributed by atoms with E-state index in [1.807, 2.05) is 37.3 Å². The van der Waals surface area contributed by atoms with Crippen molar-refractivity contribution in [3.8, 4) is 11.3 Å². The topological polar surface area (TPSA) is 137 Å². The van der Waals surface area contributed by atoms with Crippen LogP contribution in [0.5, 0.6) is 0 Å². The minimum atomic E-state index is -0.644. The van der Waals surface area contributed by atoms with E-state index in [4.69, 9.17) is 16.6 Å². The van der Waals surface area contributed by atoms with E-state index in [0.29, 0.717) is 46.9 Å². The summed E-state index contributed by atoms with van der Waals surface area (Å²) in [6, 6.07) is 10.2. The molecule has 0 saturated heterocycles. The fourth-order valence-corrected chi connectivity index (χ4v) is 4.63. The molecule has 10 nitrogen and oxygen atoms in total. The molecule has 3 amide bonds. The summed E-state index contributed by atoms with van der Waals surface area (Å²) >= 11 is 6.58. The van der Waals surface area contributed by atoms with Gasteiger partial charge >= 0.3 is 6.09 Å². The molecule has 2 heterocycles. The van der Waals surface area contributed by atoms with Crippen molar-refractivity contribution in [2.45, 2.75) is 38.8 Å². The number of nitrogens with zero attached hydrogens (tertiary/aromatic N) is 1. The van der Waals surface area contributed by atoms with Gasteiger partial charge < -0.3 is 25.7 Å². The molecule has 11 heteroatoms. The van der Waals surface area contributed by atoms with Gasteiger partial charge in [0.2, 0.25) is 6.41 Å². The maximum absolute atomic E-state index is 13.3. The molecule has 2 aromatic carbocycles. The molecule has 5 N–H and O–H groups in total. The fourth-order valence-electron chi connectivity index (χ4n) is 4.39. The zero-order valence-corrected chi connectivity index (χ0v) is 22.5. The number of halogens is 1. The molecule has 4 rings (SSSR count). The predicted octanol–water partition coefficient (Wildman–Crippen LogP) is 4.95. The Bertz CT molecular complexity index is 1390. The molecule has 3 aromatic rings. The van der Waals surface area contributed by atoms with Gasteiger partial charge in [-0.1, -0.05) is 36.7 Å². The predicted molar refractivity (Wildman–Crippen MR) is 151 cm³/mol. The lowest BCUT2D eigenvalue weighted by molar-refractivity contribution is -0.105. The third-order valence-electron chi connectivity index (χ3n) is 6.36. The van der Waals surface area contributed by atoms with Crippen LogP contribution in [0.1, 0.15) is 53.1 Å². The standard InChI is InChI=1S/C28H31ClN6O4/c1-3-4-5-6-22(33-27(37)18-7-8-19-15-30-12-11-17(19)13-18)26-34-24(25(29)35-26)21-10-9-20(32-28(38)39-2)14-23(21)31-16-36/h4-5,7-10,13-14,16,22,30H,3,6,11-12,15H2,1-2H3,(H,31,36)(H,32,38)(H,33,37)(H,34,35)/b5-4+/t22-/m0/s1. The molecule has 0 saturated carbocycles. The number of methoxy groups -OCH3 is 1. The van der Waals surface area contributed by atoms with Gasteiger partial charge in [-0.15, -0.1) is 0 Å². The maximum atomic E-state index is 13.3. The van der Waals surface area contributed by atoms with E-state index in [1.54, 1.807) is 18.2 Å². The summed E-state index contributed by atoms with van der Waals surface area (Å²) in [5, 5.41) is 11.9. The van der Waals surface area contributed by atoms with Crippen molar-refractivity contribution >= 4 is 41.4 Å². The quantitative estimate of drug-likeness (QED) is 0.179. The molecule has 1 aromatic heterocycles. The van der Waals surface area contributed by atoms with E-state index < -0.39 is 12.1 Å². The molecule has 1 atom stereocenters. The number of imidazole rings is 1. The summed E-state index contributed by atoms with van der Waals surface area (Å²) < 4.78 is 4.63. The Morgan fingerprint density at radius 1 is 1.18 bits per heavy atom. The number of fused-ring (bicyclic) bond motifs is 1. The highest BCUT2D eigenvalue weighted by atomic mass is 35.5. The summed E-state index contributed by atoms with van der Waals surface area (Å²) in [4.78, 5) is 44.0. The highest BCUT2D eigenvalue weighted by Gasteiger charge is 2.23. The number of H-pyrrole nitrogens is 1. The van der Waals surface area contributed by atoms with Gasteiger partial charge in [0.15, 0.2) is 0 Å². The number of benzene rings is 2. The third kappa shape index (κ3) is 6.84. The Balaban J connectivity index is 1.63. The summed E-state index contributed by atoms with van der Waals surface area (Å²) in [5.74, 6) is 0.266. The van der Waals surface area contributed by atoms with Gasteiger partial charge in [0, 0.05) is 23.4 Å². The number of allylic oxidation sites excluding steroid dienone is 1. The number of carbonyl (C=O) groups is 3. The van der Waals surface area contributed by atoms with E-state index in [1.165, 1.54) is 18.2 Å². The van der Waals surface area contributed by atoms with E-state index in [-0.39, 0.29) is 11.1 Å². The van der Waals surface area contributed by atoms with Crippen LogP contribution in [0.3, 0.4) is 0 Å². The SMILES string of the molecule is CC/C=C/C[C@H](NC(=O)c1ccc2c(c1)CCNC2)c1nc(-c2ccc(NC(=O)OC)cc2NC=O)c(Cl)[nH]1. The van der Waals surface area contributed by atoms with Gasteiger partial charge in [-0.05, 0) is 67.3 Å². The Labute approximate surface area is 231 Å². The number of hydrogen-bond acceptors (Lipinski definition) is 6. The van der Waals surface area contributed by atoms with E-state index in [9.17, 15) is 14.4 Å². The molecule has 0 unspecified atom stereocenters. The second-order valence-corrected chi connectivity index (χ2v) is 9.35. The molecule has 0 fully saturated rings. The molecule has 1 aliphatic heterocycles. The number of nitrogens with one attached hydrogen (secondary N) is 5. The number of aromatic nitrogens is 2. The molecule has 204 valence electrons. The van der Waals surface area contributed by atoms with Crippen LogP contribution in [0.25, 0.3) is 11.3 Å². The van der Waals surface area contributed by atoms with Gasteiger partial charge in [-0.3, -0.25) is 14.9 Å². The lowest BCUT2D eigenvalue weighted by atomic mass is 9.98. The Hall–Kier alpha value is -4.15. The smallest absolute Gasteiger partial charge is 0.411 e. The van der Waals surface area contributed by atoms with Gasteiger partial charge in [-0.25, -0.2) is 9.78 Å². The van der Waals surface area contributed by atoms with Gasteiger partial charge in [0.25, 0.3) is 5.91 Å². The largest absolute Gasteiger partial charge is 0.453 e. The van der Waals surface area contributed by atoms with Crippen molar-refractivity contribution in [2.24, 2.45) is 0 Å². The second-order valence-electron chi connectivity index (χ2n) is 8.98. The van der Waals surface area contributed by atoms with Crippen LogP contribution < -0.4 is 21.3 Å². The number of hydrogen-bond donors (Lipinski definition) is 5. The summed E-state index contributed by atoms with van der Waals surface area (Å²) in [5.41, 5.74) is 4.68. The molecule has 1 aliphatic rings. The monoisotopic (exact) mass is 550 g/mol. The van der Waals surface area contributed by atoms with Crippen molar-refractivity contribution in [1.29, 1.82) is 0 Å². The molecular weight excluding hydrogens is 520 g/mol. The Morgan fingerprint density at radius 2 is 2.03 bits per heavy atom. The van der Waals surface area contributed by atoms with Crippen LogP contribution in [0.2, 0.25) is 5.15 Å². The number of ether oxygens (including phenoxy) is 1. The highest BCUT2D eigenvalue weighted by Crippen LogP contribution is 2.35. The lowest BCUT2D eigenvalue weighted by Crippen LogP contribution is -2.30. The molecule has 0 aliphatic carbocycles. The zero-order chi connectivity index (χ0) is 27.8. The summed E-state index contributed by atoms with van der Waals surface area (Å²) in [7, 11) is 1.26. The average Bonchev–Trinajstić information content (AvgIpc) is 3.33. The van der Waals surface area contributed by atoms with E-state index >= 15 is 0 Å². The van der Waals surface area contributed by atoms with Crippen molar-refractivity contribution in [2.75, 3.05) is 24.3 Å². The summed E-state index contributed by atoms with van der Waals surface area (Å²) in [6.45, 7) is 3.72. The van der Waals surface area contributed by atoms with Crippen LogP contribution >= 0.6 is 11.6 Å². The van der Waals surface area contributed by atoms with Crippen LogP contribution in [-0.2, 0) is 22.5 Å². The van der Waals surface area contributed by atoms with Crippen molar-refractivity contribution in [1.82, 2.24) is 20.6 Å². The number of rotatable bonds is 10. The normalized spacial score (nSPS) is 13.4. The third-order valence-corrected chi connectivity index (χ3v) is 6.64. The Kier molecular flexibility index (Phi) is 9.35. The molecule has 0 spiro atoms. The van der Waals surface area contributed by atoms with E-state index in [0.717, 1.165) is 25.9 Å². The molecule has 0 bridgehead atoms. The van der Waals surface area contributed by atoms with Crippen molar-refractivity contribution in [3.05, 3.63) is 76.2 Å². The van der Waals surface area contributed by atoms with Crippen LogP contribution in [0.4, 0.5) is 16.2 Å². The number of carbonyl (C=O) groups excluding carboxylic acids is 3. The second kappa shape index (κ2) is 13.1. The first kappa shape index (κ1) is 27.9. The highest BCUT2D eigenvalue weighted by molar-refractivity contribution is 6.32. The number of aromatic amines is 1. The van der Waals surface area contributed by atoms with Crippen LogP contribution in [0.15, 0.2) is 48.6 Å². The minimum Gasteiger partial charge on any atom is -0.453 e. The van der Waals surface area contributed by atoms with Crippen molar-refractivity contribution in [3.63, 3.8) is 0 Å². The zero-order valence-electron chi connectivity index (χ0n) is 21.8. The number of amides is 3. The average molecular weight is 551 g/mol. The van der Waals surface area contributed by atoms with Crippen LogP contribution in [-0.4, -0.2) is 42.0 Å². The molecule has 39 heavy (non-hydrogen) atoms. The van der Waals surface area contributed by atoms with Gasteiger partial charge in [-0.2, -0.15) is 0 Å². The number of anilines is 2. The van der Waals surface area contributed by atoms with Crippen LogP contribution in [0, 0.1) is 0 Å². The van der Waals surface area contributed by atoms with Gasteiger partial charge in [0.1, 0.15) is 16.7 Å². The first-order valence-electron chi connectivity index (χ1n) is 12.7. The van der Waals surface area contributed by atoms with Gasteiger partial charge in [0.05, 0.1) is 18.8 Å². The first-order chi connectivity index (χ1) is 18.9. The first-order valence-corrected chi connectivity index (χ1v) is 13.0. The maximum Gasteiger partial charge on any atom is 0.411 e. The molecule has 0 radical (unpaired) electrons. The fraction of sp³-hybridized carbons (Fsp3) is 0.286. The lowest BCUT2D eigenvalue weighted by Gasteiger charge is -2.19. The van der Waals surface area contributed by atoms with E-state index in [2.05, 4.69) is 31.0 Å². The summed E-state index contributed by atoms with van der Waals surface area (Å²) in [6.07, 6.45) is 6.13.